The third-order valence-electron chi connectivity index (χ3n) is 1.89. The minimum atomic E-state index is -0.455. The van der Waals surface area contributed by atoms with E-state index in [2.05, 4.69) is 4.74 Å². The van der Waals surface area contributed by atoms with E-state index in [1.54, 1.807) is 4.90 Å². The van der Waals surface area contributed by atoms with E-state index in [-0.39, 0.29) is 12.3 Å². The molecule has 0 N–H and O–H groups in total. The highest BCUT2D eigenvalue weighted by molar-refractivity contribution is 7.99. The van der Waals surface area contributed by atoms with Gasteiger partial charge in [0.15, 0.2) is 0 Å². The molecule has 4 nitrogen and oxygen atoms in total. The van der Waals surface area contributed by atoms with Crippen molar-refractivity contribution in [2.24, 2.45) is 0 Å². The van der Waals surface area contributed by atoms with Crippen LogP contribution in [0.25, 0.3) is 0 Å². The molecule has 13 heavy (non-hydrogen) atoms. The predicted octanol–water partition coefficient (Wildman–Crippen LogP) is 0.125. The summed E-state index contributed by atoms with van der Waals surface area (Å²) in [5, 5.41) is 0. The zero-order chi connectivity index (χ0) is 9.68. The Labute approximate surface area is 81.6 Å². The van der Waals surface area contributed by atoms with Crippen LogP contribution < -0.4 is 0 Å². The number of rotatable bonds is 2. The second-order valence-corrected chi connectivity index (χ2v) is 3.97. The van der Waals surface area contributed by atoms with Crippen molar-refractivity contribution >= 4 is 23.6 Å². The van der Waals surface area contributed by atoms with Gasteiger partial charge in [-0.05, 0) is 0 Å². The lowest BCUT2D eigenvalue weighted by atomic mass is 10.3. The standard InChI is InChI=1S/C8H13NO3S/c1-12-8(11)6-7(10)9-2-4-13-5-3-9/h2-6H2,1H3. The van der Waals surface area contributed by atoms with Crippen LogP contribution in [0.5, 0.6) is 0 Å². The first-order valence-electron chi connectivity index (χ1n) is 4.16. The van der Waals surface area contributed by atoms with Crippen molar-refractivity contribution in [3.05, 3.63) is 0 Å². The van der Waals surface area contributed by atoms with E-state index in [0.29, 0.717) is 0 Å². The van der Waals surface area contributed by atoms with Crippen LogP contribution in [0.2, 0.25) is 0 Å². The second kappa shape index (κ2) is 5.11. The van der Waals surface area contributed by atoms with Gasteiger partial charge in [-0.15, -0.1) is 0 Å². The fourth-order valence-electron chi connectivity index (χ4n) is 1.12. The minimum absolute atomic E-state index is 0.118. The SMILES string of the molecule is COC(=O)CC(=O)N1CCSCC1. The van der Waals surface area contributed by atoms with Gasteiger partial charge < -0.3 is 9.64 Å². The largest absolute Gasteiger partial charge is 0.469 e. The third-order valence-corrected chi connectivity index (χ3v) is 2.83. The normalized spacial score (nSPS) is 16.8. The Morgan fingerprint density at radius 3 is 2.54 bits per heavy atom. The Hall–Kier alpha value is -0.710. The van der Waals surface area contributed by atoms with Crippen molar-refractivity contribution in [3.8, 4) is 0 Å². The Bertz CT molecular complexity index is 202. The van der Waals surface area contributed by atoms with Crippen molar-refractivity contribution in [2.75, 3.05) is 31.7 Å². The Kier molecular flexibility index (Phi) is 4.08. The summed E-state index contributed by atoms with van der Waals surface area (Å²) in [5.41, 5.74) is 0. The van der Waals surface area contributed by atoms with Crippen LogP contribution >= 0.6 is 11.8 Å². The molecule has 0 aliphatic carbocycles. The van der Waals surface area contributed by atoms with Crippen molar-refractivity contribution < 1.29 is 14.3 Å². The molecule has 1 aliphatic heterocycles. The molecule has 1 saturated heterocycles. The summed E-state index contributed by atoms with van der Waals surface area (Å²) in [6.07, 6.45) is -0.124. The minimum Gasteiger partial charge on any atom is -0.469 e. The number of thioether (sulfide) groups is 1. The third kappa shape index (κ3) is 3.26. The number of hydrogen-bond acceptors (Lipinski definition) is 4. The highest BCUT2D eigenvalue weighted by Gasteiger charge is 2.19. The van der Waals surface area contributed by atoms with Gasteiger partial charge >= 0.3 is 5.97 Å². The summed E-state index contributed by atoms with van der Waals surface area (Å²) in [7, 11) is 1.29. The summed E-state index contributed by atoms with van der Waals surface area (Å²) in [6.45, 7) is 1.50. The molecule has 0 spiro atoms. The first-order chi connectivity index (χ1) is 6.24. The summed E-state index contributed by atoms with van der Waals surface area (Å²) >= 11 is 1.83. The Balaban J connectivity index is 2.33. The van der Waals surface area contributed by atoms with Crippen molar-refractivity contribution in [1.29, 1.82) is 0 Å². The molecule has 5 heteroatoms. The molecule has 0 aromatic carbocycles. The molecule has 0 saturated carbocycles. The van der Waals surface area contributed by atoms with Gasteiger partial charge in [0.2, 0.25) is 5.91 Å². The molecule has 0 aromatic heterocycles. The highest BCUT2D eigenvalue weighted by Crippen LogP contribution is 2.10. The number of esters is 1. The molecule has 0 radical (unpaired) electrons. The van der Waals surface area contributed by atoms with Gasteiger partial charge in [0.25, 0.3) is 0 Å². The maximum Gasteiger partial charge on any atom is 0.315 e. The molecule has 1 rings (SSSR count). The van der Waals surface area contributed by atoms with Gasteiger partial charge in [-0.1, -0.05) is 0 Å². The summed E-state index contributed by atoms with van der Waals surface area (Å²) in [5.74, 6) is 1.36. The lowest BCUT2D eigenvalue weighted by molar-refractivity contribution is -0.146. The number of ether oxygens (including phenoxy) is 1. The molecule has 0 unspecified atom stereocenters. The van der Waals surface area contributed by atoms with Crippen LogP contribution in [-0.2, 0) is 14.3 Å². The predicted molar refractivity (Wildman–Crippen MR) is 50.5 cm³/mol. The van der Waals surface area contributed by atoms with E-state index in [1.165, 1.54) is 7.11 Å². The number of methoxy groups -OCH3 is 1. The van der Waals surface area contributed by atoms with Gasteiger partial charge in [0.05, 0.1) is 7.11 Å². The molecule has 74 valence electrons. The Morgan fingerprint density at radius 1 is 1.38 bits per heavy atom. The van der Waals surface area contributed by atoms with E-state index in [0.717, 1.165) is 24.6 Å². The lowest BCUT2D eigenvalue weighted by Gasteiger charge is -2.25. The number of carbonyl (C=O) groups excluding carboxylic acids is 2. The monoisotopic (exact) mass is 203 g/mol. The fraction of sp³-hybridized carbons (Fsp3) is 0.750. The van der Waals surface area contributed by atoms with Crippen LogP contribution in [0, 0.1) is 0 Å². The second-order valence-electron chi connectivity index (χ2n) is 2.75. The average molecular weight is 203 g/mol. The highest BCUT2D eigenvalue weighted by atomic mass is 32.2. The van der Waals surface area contributed by atoms with E-state index >= 15 is 0 Å². The molecule has 1 heterocycles. The smallest absolute Gasteiger partial charge is 0.315 e. The van der Waals surface area contributed by atoms with Crippen LogP contribution in [0.1, 0.15) is 6.42 Å². The summed E-state index contributed by atoms with van der Waals surface area (Å²) < 4.78 is 4.42. The van der Waals surface area contributed by atoms with Crippen LogP contribution in [-0.4, -0.2) is 48.5 Å². The van der Waals surface area contributed by atoms with Crippen molar-refractivity contribution in [1.82, 2.24) is 4.90 Å². The van der Waals surface area contributed by atoms with Gasteiger partial charge in [0.1, 0.15) is 6.42 Å². The molecular weight excluding hydrogens is 190 g/mol. The van der Waals surface area contributed by atoms with Gasteiger partial charge in [-0.3, -0.25) is 9.59 Å². The van der Waals surface area contributed by atoms with E-state index in [1.807, 2.05) is 11.8 Å². The zero-order valence-electron chi connectivity index (χ0n) is 7.62. The summed E-state index contributed by atoms with van der Waals surface area (Å²) in [6, 6.07) is 0. The molecule has 1 fully saturated rings. The topological polar surface area (TPSA) is 46.6 Å². The molecule has 0 atom stereocenters. The number of amides is 1. The van der Waals surface area contributed by atoms with Gasteiger partial charge in [0, 0.05) is 24.6 Å². The quantitative estimate of drug-likeness (QED) is 0.472. The maximum absolute atomic E-state index is 11.4. The number of carbonyl (C=O) groups is 2. The molecule has 1 amide bonds. The van der Waals surface area contributed by atoms with E-state index in [4.69, 9.17) is 0 Å². The van der Waals surface area contributed by atoms with Crippen LogP contribution in [0.3, 0.4) is 0 Å². The van der Waals surface area contributed by atoms with Crippen LogP contribution in [0.4, 0.5) is 0 Å². The fourth-order valence-corrected chi connectivity index (χ4v) is 2.02. The van der Waals surface area contributed by atoms with Crippen molar-refractivity contribution in [3.63, 3.8) is 0 Å². The zero-order valence-corrected chi connectivity index (χ0v) is 8.43. The number of nitrogens with zero attached hydrogens (tertiary/aromatic N) is 1. The lowest BCUT2D eigenvalue weighted by Crippen LogP contribution is -2.38. The first kappa shape index (κ1) is 10.4. The van der Waals surface area contributed by atoms with Crippen LogP contribution in [0.15, 0.2) is 0 Å². The van der Waals surface area contributed by atoms with E-state index < -0.39 is 5.97 Å². The Morgan fingerprint density at radius 2 is 2.00 bits per heavy atom. The number of hydrogen-bond donors (Lipinski definition) is 0. The van der Waals surface area contributed by atoms with Gasteiger partial charge in [-0.25, -0.2) is 0 Å². The molecule has 0 aromatic rings. The van der Waals surface area contributed by atoms with E-state index in [9.17, 15) is 9.59 Å². The maximum atomic E-state index is 11.4. The van der Waals surface area contributed by atoms with Crippen molar-refractivity contribution in [2.45, 2.75) is 6.42 Å². The first-order valence-corrected chi connectivity index (χ1v) is 5.32. The van der Waals surface area contributed by atoms with Gasteiger partial charge in [-0.2, -0.15) is 11.8 Å². The molecular formula is C8H13NO3S. The molecule has 0 bridgehead atoms. The molecule has 1 aliphatic rings. The summed E-state index contributed by atoms with van der Waals surface area (Å²) in [4.78, 5) is 23.9. The average Bonchev–Trinajstić information content (AvgIpc) is 2.19.